The molecule has 0 aromatic heterocycles. The Hall–Kier alpha value is -1.18. The zero-order valence-electron chi connectivity index (χ0n) is 15.1. The number of hydrogen-bond acceptors (Lipinski definition) is 5. The predicted octanol–water partition coefficient (Wildman–Crippen LogP) is 4.69. The molecule has 2 aromatic rings. The van der Waals surface area contributed by atoms with Crippen molar-refractivity contribution < 1.29 is 23.7 Å². The van der Waals surface area contributed by atoms with E-state index in [1.165, 1.54) is 0 Å². The molecule has 0 aliphatic carbocycles. The van der Waals surface area contributed by atoms with Crippen LogP contribution in [0, 0.1) is 0 Å². The second-order valence-electron chi connectivity index (χ2n) is 5.61. The first-order valence-corrected chi connectivity index (χ1v) is 9.37. The zero-order valence-corrected chi connectivity index (χ0v) is 16.6. The Morgan fingerprint density at radius 2 is 0.852 bits per heavy atom. The van der Waals surface area contributed by atoms with Gasteiger partial charge < -0.3 is 23.7 Å². The van der Waals surface area contributed by atoms with Crippen molar-refractivity contribution in [2.75, 3.05) is 40.0 Å². The molecular formula is C20H24Cl2O5. The third kappa shape index (κ3) is 10.7. The highest BCUT2D eigenvalue weighted by Crippen LogP contribution is 2.11. The van der Waals surface area contributed by atoms with Gasteiger partial charge in [-0.15, -0.1) is 0 Å². The Morgan fingerprint density at radius 1 is 0.481 bits per heavy atom. The van der Waals surface area contributed by atoms with Crippen molar-refractivity contribution in [2.24, 2.45) is 0 Å². The second-order valence-corrected chi connectivity index (χ2v) is 6.49. The molecule has 0 aliphatic heterocycles. The average molecular weight is 415 g/mol. The molecule has 148 valence electrons. The Bertz CT molecular complexity index is 564. The van der Waals surface area contributed by atoms with Crippen LogP contribution < -0.4 is 0 Å². The first kappa shape index (κ1) is 22.1. The van der Waals surface area contributed by atoms with Crippen LogP contribution in [0.4, 0.5) is 0 Å². The molecule has 0 aliphatic rings. The minimum absolute atomic E-state index is 0.163. The topological polar surface area (TPSA) is 46.2 Å². The molecule has 0 saturated heterocycles. The molecule has 0 unspecified atom stereocenters. The van der Waals surface area contributed by atoms with Crippen molar-refractivity contribution in [1.82, 2.24) is 0 Å². The molecule has 5 nitrogen and oxygen atoms in total. The van der Waals surface area contributed by atoms with Crippen LogP contribution in [-0.2, 0) is 36.9 Å². The number of ether oxygens (including phenoxy) is 5. The molecule has 0 bridgehead atoms. The molecule has 2 rings (SSSR count). The van der Waals surface area contributed by atoms with E-state index in [2.05, 4.69) is 0 Å². The maximum atomic E-state index is 5.83. The summed E-state index contributed by atoms with van der Waals surface area (Å²) < 4.78 is 26.8. The lowest BCUT2D eigenvalue weighted by Gasteiger charge is -2.08. The molecule has 0 saturated carbocycles. The van der Waals surface area contributed by atoms with Gasteiger partial charge in [-0.25, -0.2) is 0 Å². The van der Waals surface area contributed by atoms with Gasteiger partial charge >= 0.3 is 0 Å². The van der Waals surface area contributed by atoms with Crippen molar-refractivity contribution in [3.8, 4) is 0 Å². The number of rotatable bonds is 14. The van der Waals surface area contributed by atoms with E-state index in [0.717, 1.165) is 21.2 Å². The molecule has 0 fully saturated rings. The van der Waals surface area contributed by atoms with Crippen LogP contribution in [0.15, 0.2) is 48.5 Å². The van der Waals surface area contributed by atoms with E-state index in [1.54, 1.807) is 0 Å². The van der Waals surface area contributed by atoms with E-state index in [1.807, 2.05) is 48.5 Å². The summed E-state index contributed by atoms with van der Waals surface area (Å²) in [6.07, 6.45) is 0. The highest BCUT2D eigenvalue weighted by atomic mass is 35.5. The normalized spacial score (nSPS) is 11.0. The quantitative estimate of drug-likeness (QED) is 0.331. The molecule has 0 spiro atoms. The Kier molecular flexibility index (Phi) is 11.4. The van der Waals surface area contributed by atoms with Gasteiger partial charge in [0.1, 0.15) is 13.6 Å². The number of halogens is 2. The van der Waals surface area contributed by atoms with E-state index >= 15 is 0 Å². The minimum atomic E-state index is 0.163. The third-order valence-corrected chi connectivity index (χ3v) is 3.95. The van der Waals surface area contributed by atoms with Gasteiger partial charge in [0.15, 0.2) is 0 Å². The number of benzene rings is 2. The molecule has 27 heavy (non-hydrogen) atoms. The van der Waals surface area contributed by atoms with Crippen molar-refractivity contribution >= 4 is 23.2 Å². The smallest absolute Gasteiger partial charge is 0.149 e. The standard InChI is InChI=1S/C20H24Cl2O5/c21-19-5-1-17(2-6-19)13-23-9-11-25-15-27-16-26-12-10-24-14-18-3-7-20(22)8-4-18/h1-8H,9-16H2. The fourth-order valence-electron chi connectivity index (χ4n) is 2.05. The van der Waals surface area contributed by atoms with Crippen molar-refractivity contribution in [3.05, 3.63) is 69.7 Å². The monoisotopic (exact) mass is 414 g/mol. The van der Waals surface area contributed by atoms with Crippen LogP contribution in [0.25, 0.3) is 0 Å². The zero-order chi connectivity index (χ0) is 19.2. The van der Waals surface area contributed by atoms with Gasteiger partial charge in [-0.05, 0) is 35.4 Å². The van der Waals surface area contributed by atoms with Crippen LogP contribution in [-0.4, -0.2) is 40.0 Å². The van der Waals surface area contributed by atoms with E-state index in [9.17, 15) is 0 Å². The SMILES string of the molecule is Clc1ccc(COCCOCOCOCCOCc2ccc(Cl)cc2)cc1. The summed E-state index contributed by atoms with van der Waals surface area (Å²) >= 11 is 11.7. The summed E-state index contributed by atoms with van der Waals surface area (Å²) in [5.41, 5.74) is 2.14. The van der Waals surface area contributed by atoms with Gasteiger partial charge in [0.25, 0.3) is 0 Å². The van der Waals surface area contributed by atoms with Crippen LogP contribution in [0.1, 0.15) is 11.1 Å². The Balaban J connectivity index is 1.32. The number of hydrogen-bond donors (Lipinski definition) is 0. The summed E-state index contributed by atoms with van der Waals surface area (Å²) in [5, 5.41) is 1.43. The molecular weight excluding hydrogens is 391 g/mol. The molecule has 0 radical (unpaired) electrons. The molecule has 0 N–H and O–H groups in total. The fraction of sp³-hybridized carbons (Fsp3) is 0.400. The Morgan fingerprint density at radius 3 is 1.26 bits per heavy atom. The molecule has 2 aromatic carbocycles. The summed E-state index contributed by atoms with van der Waals surface area (Å²) in [6, 6.07) is 15.1. The molecule has 0 atom stereocenters. The van der Waals surface area contributed by atoms with Crippen LogP contribution in [0.3, 0.4) is 0 Å². The maximum absolute atomic E-state index is 5.83. The fourth-order valence-corrected chi connectivity index (χ4v) is 2.30. The average Bonchev–Trinajstić information content (AvgIpc) is 2.68. The van der Waals surface area contributed by atoms with Crippen LogP contribution in [0.2, 0.25) is 10.0 Å². The lowest BCUT2D eigenvalue weighted by atomic mass is 10.2. The predicted molar refractivity (Wildman–Crippen MR) is 105 cm³/mol. The lowest BCUT2D eigenvalue weighted by Crippen LogP contribution is -2.11. The summed E-state index contributed by atoms with van der Waals surface area (Å²) in [7, 11) is 0. The van der Waals surface area contributed by atoms with Crippen molar-refractivity contribution in [3.63, 3.8) is 0 Å². The highest BCUT2D eigenvalue weighted by Gasteiger charge is 1.96. The van der Waals surface area contributed by atoms with Crippen LogP contribution >= 0.6 is 23.2 Å². The van der Waals surface area contributed by atoms with E-state index in [4.69, 9.17) is 46.9 Å². The van der Waals surface area contributed by atoms with Gasteiger partial charge in [0.05, 0.1) is 39.6 Å². The first-order chi connectivity index (χ1) is 13.2. The molecule has 7 heteroatoms. The summed E-state index contributed by atoms with van der Waals surface area (Å²) in [5.74, 6) is 0. The van der Waals surface area contributed by atoms with E-state index in [-0.39, 0.29) is 13.6 Å². The minimum Gasteiger partial charge on any atom is -0.374 e. The van der Waals surface area contributed by atoms with Gasteiger partial charge in [0.2, 0.25) is 0 Å². The van der Waals surface area contributed by atoms with Crippen LogP contribution in [0.5, 0.6) is 0 Å². The van der Waals surface area contributed by atoms with E-state index < -0.39 is 0 Å². The van der Waals surface area contributed by atoms with Gasteiger partial charge in [-0.2, -0.15) is 0 Å². The van der Waals surface area contributed by atoms with Gasteiger partial charge in [0, 0.05) is 10.0 Å². The lowest BCUT2D eigenvalue weighted by molar-refractivity contribution is -0.141. The van der Waals surface area contributed by atoms with Crippen molar-refractivity contribution in [1.29, 1.82) is 0 Å². The second kappa shape index (κ2) is 13.9. The van der Waals surface area contributed by atoms with Gasteiger partial charge in [-0.3, -0.25) is 0 Å². The molecule has 0 heterocycles. The summed E-state index contributed by atoms with van der Waals surface area (Å²) in [6.45, 7) is 3.28. The van der Waals surface area contributed by atoms with E-state index in [0.29, 0.717) is 39.6 Å². The first-order valence-electron chi connectivity index (χ1n) is 8.61. The third-order valence-electron chi connectivity index (χ3n) is 3.44. The summed E-state index contributed by atoms with van der Waals surface area (Å²) in [4.78, 5) is 0. The van der Waals surface area contributed by atoms with Crippen molar-refractivity contribution in [2.45, 2.75) is 13.2 Å². The van der Waals surface area contributed by atoms with Gasteiger partial charge in [-0.1, -0.05) is 47.5 Å². The Labute approximate surface area is 170 Å². The molecule has 0 amide bonds. The highest BCUT2D eigenvalue weighted by molar-refractivity contribution is 6.30. The maximum Gasteiger partial charge on any atom is 0.149 e. The largest absolute Gasteiger partial charge is 0.374 e.